The molecule has 0 heterocycles. The Balaban J connectivity index is 2.39. The highest BCUT2D eigenvalue weighted by Gasteiger charge is 2.31. The average molecular weight is 268 g/mol. The van der Waals surface area contributed by atoms with E-state index in [0.717, 1.165) is 13.1 Å². The van der Waals surface area contributed by atoms with Gasteiger partial charge < -0.3 is 11.1 Å². The molecule has 0 aromatic carbocycles. The fraction of sp³-hybridized carbons (Fsp3) is 1.00. The summed E-state index contributed by atoms with van der Waals surface area (Å²) < 4.78 is 0. The summed E-state index contributed by atoms with van der Waals surface area (Å²) in [6.45, 7) is 13.6. The quantitative estimate of drug-likeness (QED) is 0.761. The van der Waals surface area contributed by atoms with Crippen molar-refractivity contribution >= 4 is 0 Å². The summed E-state index contributed by atoms with van der Waals surface area (Å²) in [5.74, 6) is 0. The lowest BCUT2D eigenvalue weighted by atomic mass is 9.71. The smallest absolute Gasteiger partial charge is 0.0130 e. The average Bonchev–Trinajstić information content (AvgIpc) is 2.26. The summed E-state index contributed by atoms with van der Waals surface area (Å²) in [5, 5.41) is 3.77. The molecular weight excluding hydrogens is 232 g/mol. The van der Waals surface area contributed by atoms with Crippen molar-refractivity contribution in [3.63, 3.8) is 0 Å². The van der Waals surface area contributed by atoms with Crippen LogP contribution in [0.2, 0.25) is 0 Å². The zero-order valence-electron chi connectivity index (χ0n) is 13.9. The molecule has 1 aliphatic rings. The van der Waals surface area contributed by atoms with E-state index < -0.39 is 0 Å². The van der Waals surface area contributed by atoms with Gasteiger partial charge in [0.25, 0.3) is 0 Å². The second-order valence-corrected chi connectivity index (χ2v) is 8.56. The highest BCUT2D eigenvalue weighted by atomic mass is 15.0. The van der Waals surface area contributed by atoms with Crippen molar-refractivity contribution in [2.75, 3.05) is 13.1 Å². The Morgan fingerprint density at radius 1 is 1.00 bits per heavy atom. The van der Waals surface area contributed by atoms with Gasteiger partial charge in [-0.3, -0.25) is 0 Å². The third-order valence-electron chi connectivity index (χ3n) is 4.58. The molecule has 1 rings (SSSR count). The van der Waals surface area contributed by atoms with Gasteiger partial charge in [-0.1, -0.05) is 40.0 Å². The van der Waals surface area contributed by atoms with Crippen molar-refractivity contribution in [2.24, 2.45) is 16.6 Å². The molecule has 0 aromatic heterocycles. The Kier molecular flexibility index (Phi) is 5.88. The lowest BCUT2D eigenvalue weighted by Crippen LogP contribution is -2.45. The predicted octanol–water partition coefficient (Wildman–Crippen LogP) is 4.09. The van der Waals surface area contributed by atoms with Gasteiger partial charge >= 0.3 is 0 Å². The van der Waals surface area contributed by atoms with Crippen LogP contribution in [0.15, 0.2) is 0 Å². The third kappa shape index (κ3) is 6.27. The Bertz CT molecular complexity index is 257. The largest absolute Gasteiger partial charge is 0.330 e. The minimum absolute atomic E-state index is 0.225. The zero-order chi connectivity index (χ0) is 14.6. The Morgan fingerprint density at radius 3 is 2.05 bits per heavy atom. The summed E-state index contributed by atoms with van der Waals surface area (Å²) in [6, 6.07) is 0. The van der Waals surface area contributed by atoms with Crippen LogP contribution in [0, 0.1) is 10.8 Å². The molecule has 1 fully saturated rings. The normalized spacial score (nSPS) is 20.5. The first kappa shape index (κ1) is 17.0. The molecule has 114 valence electrons. The maximum absolute atomic E-state index is 6.06. The van der Waals surface area contributed by atoms with Crippen molar-refractivity contribution in [3.8, 4) is 0 Å². The van der Waals surface area contributed by atoms with E-state index in [0.29, 0.717) is 10.8 Å². The van der Waals surface area contributed by atoms with Gasteiger partial charge in [-0.05, 0) is 63.5 Å². The van der Waals surface area contributed by atoms with Crippen LogP contribution in [0.5, 0.6) is 0 Å². The van der Waals surface area contributed by atoms with Gasteiger partial charge in [0.1, 0.15) is 0 Å². The molecule has 3 N–H and O–H groups in total. The van der Waals surface area contributed by atoms with Gasteiger partial charge in [0, 0.05) is 5.54 Å². The lowest BCUT2D eigenvalue weighted by molar-refractivity contribution is 0.167. The second-order valence-electron chi connectivity index (χ2n) is 8.56. The van der Waals surface area contributed by atoms with Crippen LogP contribution in [-0.2, 0) is 0 Å². The molecule has 0 aromatic rings. The van der Waals surface area contributed by atoms with Gasteiger partial charge in [0.15, 0.2) is 0 Å². The van der Waals surface area contributed by atoms with E-state index in [2.05, 4.69) is 39.9 Å². The van der Waals surface area contributed by atoms with Crippen molar-refractivity contribution in [1.82, 2.24) is 5.32 Å². The van der Waals surface area contributed by atoms with Gasteiger partial charge in [-0.25, -0.2) is 0 Å². The summed E-state index contributed by atoms with van der Waals surface area (Å²) in [5.41, 5.74) is 7.10. The van der Waals surface area contributed by atoms with E-state index in [-0.39, 0.29) is 5.54 Å². The van der Waals surface area contributed by atoms with Crippen molar-refractivity contribution in [3.05, 3.63) is 0 Å². The molecular formula is C17H36N2. The van der Waals surface area contributed by atoms with E-state index in [9.17, 15) is 0 Å². The van der Waals surface area contributed by atoms with Gasteiger partial charge in [0.2, 0.25) is 0 Å². The molecule has 0 amide bonds. The SMILES string of the molecule is CC(C)(C)CC(C)(C)NCCC1(CN)CCCCC1. The fourth-order valence-electron chi connectivity index (χ4n) is 3.91. The van der Waals surface area contributed by atoms with Crippen LogP contribution in [-0.4, -0.2) is 18.6 Å². The molecule has 1 saturated carbocycles. The maximum atomic E-state index is 6.06. The maximum Gasteiger partial charge on any atom is 0.0130 e. The minimum Gasteiger partial charge on any atom is -0.330 e. The first-order chi connectivity index (χ1) is 8.68. The summed E-state index contributed by atoms with van der Waals surface area (Å²) in [6.07, 6.45) is 9.29. The molecule has 0 atom stereocenters. The Morgan fingerprint density at radius 2 is 1.58 bits per heavy atom. The number of hydrogen-bond acceptors (Lipinski definition) is 2. The van der Waals surface area contributed by atoms with E-state index in [4.69, 9.17) is 5.73 Å². The second kappa shape index (κ2) is 6.58. The van der Waals surface area contributed by atoms with E-state index >= 15 is 0 Å². The first-order valence-electron chi connectivity index (χ1n) is 8.13. The first-order valence-corrected chi connectivity index (χ1v) is 8.13. The van der Waals surface area contributed by atoms with Crippen molar-refractivity contribution < 1.29 is 0 Å². The summed E-state index contributed by atoms with van der Waals surface area (Å²) >= 11 is 0. The van der Waals surface area contributed by atoms with Crippen LogP contribution >= 0.6 is 0 Å². The summed E-state index contributed by atoms with van der Waals surface area (Å²) in [7, 11) is 0. The van der Waals surface area contributed by atoms with E-state index in [1.807, 2.05) is 0 Å². The number of hydrogen-bond donors (Lipinski definition) is 2. The highest BCUT2D eigenvalue weighted by Crippen LogP contribution is 2.38. The zero-order valence-corrected chi connectivity index (χ0v) is 13.9. The van der Waals surface area contributed by atoms with Crippen LogP contribution in [0.4, 0.5) is 0 Å². The van der Waals surface area contributed by atoms with Crippen LogP contribution in [0.3, 0.4) is 0 Å². The van der Waals surface area contributed by atoms with Crippen molar-refractivity contribution in [2.45, 2.75) is 85.1 Å². The molecule has 2 heteroatoms. The molecule has 1 aliphatic carbocycles. The molecule has 2 nitrogen and oxygen atoms in total. The molecule has 0 spiro atoms. The van der Waals surface area contributed by atoms with Gasteiger partial charge in [-0.15, -0.1) is 0 Å². The van der Waals surface area contributed by atoms with Gasteiger partial charge in [-0.2, -0.15) is 0 Å². The number of rotatable bonds is 6. The topological polar surface area (TPSA) is 38.0 Å². The monoisotopic (exact) mass is 268 g/mol. The van der Waals surface area contributed by atoms with Crippen LogP contribution in [0.1, 0.15) is 79.6 Å². The fourth-order valence-corrected chi connectivity index (χ4v) is 3.91. The summed E-state index contributed by atoms with van der Waals surface area (Å²) in [4.78, 5) is 0. The van der Waals surface area contributed by atoms with Crippen molar-refractivity contribution in [1.29, 1.82) is 0 Å². The Hall–Kier alpha value is -0.0800. The lowest BCUT2D eigenvalue weighted by Gasteiger charge is -2.39. The molecule has 0 saturated heterocycles. The molecule has 19 heavy (non-hydrogen) atoms. The highest BCUT2D eigenvalue weighted by molar-refractivity contribution is 4.87. The van der Waals surface area contributed by atoms with E-state index in [1.165, 1.54) is 44.9 Å². The third-order valence-corrected chi connectivity index (χ3v) is 4.58. The minimum atomic E-state index is 0.225. The standard InChI is InChI=1S/C17H36N2/c1-15(2,3)13-16(4,5)19-12-11-17(14-18)9-7-6-8-10-17/h19H,6-14,18H2,1-5H3. The predicted molar refractivity (Wildman–Crippen MR) is 85.3 cm³/mol. The molecule has 0 unspecified atom stereocenters. The van der Waals surface area contributed by atoms with E-state index in [1.54, 1.807) is 0 Å². The number of nitrogens with two attached hydrogens (primary N) is 1. The molecule has 0 bridgehead atoms. The van der Waals surface area contributed by atoms with Crippen LogP contribution in [0.25, 0.3) is 0 Å². The van der Waals surface area contributed by atoms with Crippen LogP contribution < -0.4 is 11.1 Å². The van der Waals surface area contributed by atoms with Gasteiger partial charge in [0.05, 0.1) is 0 Å². The molecule has 0 radical (unpaired) electrons. The number of nitrogens with one attached hydrogen (secondary N) is 1. The molecule has 0 aliphatic heterocycles. The Labute approximate surface area is 120 Å².